The first-order valence-corrected chi connectivity index (χ1v) is 7.96. The highest BCUT2D eigenvalue weighted by Crippen LogP contribution is 2.12. The quantitative estimate of drug-likeness (QED) is 0.730. The number of nitrogens with one attached hydrogen (secondary N) is 1. The van der Waals surface area contributed by atoms with Crippen LogP contribution in [0.25, 0.3) is 0 Å². The summed E-state index contributed by atoms with van der Waals surface area (Å²) in [6.07, 6.45) is 3.02. The minimum Gasteiger partial charge on any atom is -0.481 e. The molecule has 0 saturated carbocycles. The molecule has 0 amide bonds. The molecule has 0 radical (unpaired) electrons. The van der Waals surface area contributed by atoms with E-state index in [1.54, 1.807) is 0 Å². The number of carbonyl (C=O) groups is 1. The van der Waals surface area contributed by atoms with Gasteiger partial charge in [0, 0.05) is 12.1 Å². The van der Waals surface area contributed by atoms with Gasteiger partial charge in [0.05, 0.1) is 6.42 Å². The molecule has 2 unspecified atom stereocenters. The van der Waals surface area contributed by atoms with E-state index in [-0.39, 0.29) is 12.5 Å². The second-order valence-electron chi connectivity index (χ2n) is 6.39. The van der Waals surface area contributed by atoms with Crippen molar-refractivity contribution in [3.63, 3.8) is 0 Å². The molecule has 0 bridgehead atoms. The summed E-state index contributed by atoms with van der Waals surface area (Å²) >= 11 is 0. The summed E-state index contributed by atoms with van der Waals surface area (Å²) in [5.41, 5.74) is 2.54. The van der Waals surface area contributed by atoms with Crippen LogP contribution in [-0.2, 0) is 17.6 Å². The summed E-state index contributed by atoms with van der Waals surface area (Å²) in [5, 5.41) is 12.5. The van der Waals surface area contributed by atoms with E-state index in [9.17, 15) is 4.79 Å². The van der Waals surface area contributed by atoms with Gasteiger partial charge in [-0.15, -0.1) is 0 Å². The number of hydrogen-bond donors (Lipinski definition) is 2. The van der Waals surface area contributed by atoms with Gasteiger partial charge in [-0.05, 0) is 43.2 Å². The van der Waals surface area contributed by atoms with E-state index in [1.807, 2.05) is 0 Å². The van der Waals surface area contributed by atoms with Gasteiger partial charge in [0.15, 0.2) is 0 Å². The third-order valence-electron chi connectivity index (χ3n) is 3.70. The molecular formula is C18H29NO2. The van der Waals surface area contributed by atoms with Crippen LogP contribution in [0.1, 0.15) is 51.7 Å². The fraction of sp³-hybridized carbons (Fsp3) is 0.611. The zero-order chi connectivity index (χ0) is 15.8. The minimum atomic E-state index is -0.743. The predicted molar refractivity (Wildman–Crippen MR) is 87.6 cm³/mol. The lowest BCUT2D eigenvalue weighted by Gasteiger charge is -2.21. The van der Waals surface area contributed by atoms with Crippen molar-refractivity contribution in [2.45, 2.75) is 65.5 Å². The Morgan fingerprint density at radius 3 is 2.05 bits per heavy atom. The van der Waals surface area contributed by atoms with E-state index < -0.39 is 5.97 Å². The molecule has 3 heteroatoms. The summed E-state index contributed by atoms with van der Waals surface area (Å²) in [6, 6.07) is 8.92. The fourth-order valence-corrected chi connectivity index (χ4v) is 2.49. The predicted octanol–water partition coefficient (Wildman–Crippen LogP) is 3.66. The largest absolute Gasteiger partial charge is 0.481 e. The summed E-state index contributed by atoms with van der Waals surface area (Å²) in [4.78, 5) is 11.0. The highest BCUT2D eigenvalue weighted by atomic mass is 16.4. The lowest BCUT2D eigenvalue weighted by Crippen LogP contribution is -2.39. The molecule has 0 aliphatic rings. The maximum Gasteiger partial charge on any atom is 0.304 e. The van der Waals surface area contributed by atoms with Crippen molar-refractivity contribution < 1.29 is 9.90 Å². The van der Waals surface area contributed by atoms with Crippen LogP contribution in [0.3, 0.4) is 0 Å². The van der Waals surface area contributed by atoms with Gasteiger partial charge in [-0.3, -0.25) is 4.79 Å². The number of hydrogen-bond acceptors (Lipinski definition) is 2. The molecule has 2 N–H and O–H groups in total. The van der Waals surface area contributed by atoms with Crippen molar-refractivity contribution in [1.82, 2.24) is 5.32 Å². The molecule has 0 spiro atoms. The number of rotatable bonds is 9. The van der Waals surface area contributed by atoms with Crippen molar-refractivity contribution in [3.05, 3.63) is 35.4 Å². The second kappa shape index (κ2) is 8.83. The Balaban J connectivity index is 2.66. The van der Waals surface area contributed by atoms with E-state index in [0.717, 1.165) is 19.3 Å². The molecule has 0 aliphatic carbocycles. The molecule has 0 aliphatic heterocycles. The van der Waals surface area contributed by atoms with E-state index >= 15 is 0 Å². The van der Waals surface area contributed by atoms with Crippen LogP contribution in [0.15, 0.2) is 24.3 Å². The first-order valence-electron chi connectivity index (χ1n) is 7.96. The maximum atomic E-state index is 11.0. The molecule has 0 heterocycles. The van der Waals surface area contributed by atoms with E-state index in [1.165, 1.54) is 11.1 Å². The van der Waals surface area contributed by atoms with Crippen LogP contribution >= 0.6 is 0 Å². The Hall–Kier alpha value is -1.35. The molecule has 1 aromatic carbocycles. The van der Waals surface area contributed by atoms with Crippen LogP contribution in [0.4, 0.5) is 0 Å². The second-order valence-corrected chi connectivity index (χ2v) is 6.39. The first kappa shape index (κ1) is 17.7. The summed E-state index contributed by atoms with van der Waals surface area (Å²) in [6.45, 7) is 8.64. The number of carboxylic acid groups (broad SMARTS) is 1. The Morgan fingerprint density at radius 1 is 1.10 bits per heavy atom. The van der Waals surface area contributed by atoms with Gasteiger partial charge < -0.3 is 10.4 Å². The third-order valence-corrected chi connectivity index (χ3v) is 3.70. The zero-order valence-corrected chi connectivity index (χ0v) is 13.7. The van der Waals surface area contributed by atoms with E-state index in [2.05, 4.69) is 57.3 Å². The maximum absolute atomic E-state index is 11.0. The number of carboxylic acids is 1. The van der Waals surface area contributed by atoms with E-state index in [0.29, 0.717) is 12.0 Å². The summed E-state index contributed by atoms with van der Waals surface area (Å²) < 4.78 is 0. The highest BCUT2D eigenvalue weighted by molar-refractivity contribution is 5.67. The molecule has 2 atom stereocenters. The highest BCUT2D eigenvalue weighted by Gasteiger charge is 2.15. The smallest absolute Gasteiger partial charge is 0.304 e. The molecule has 21 heavy (non-hydrogen) atoms. The summed E-state index contributed by atoms with van der Waals surface area (Å²) in [5.74, 6) is -0.0880. The average Bonchev–Trinajstić information content (AvgIpc) is 2.39. The van der Waals surface area contributed by atoms with Crippen LogP contribution in [0.5, 0.6) is 0 Å². The third kappa shape index (κ3) is 7.28. The van der Waals surface area contributed by atoms with Gasteiger partial charge in [0.25, 0.3) is 0 Å². The minimum absolute atomic E-state index is 0.00611. The number of aliphatic carboxylic acids is 1. The van der Waals surface area contributed by atoms with Crippen molar-refractivity contribution in [2.75, 3.05) is 0 Å². The first-order chi connectivity index (χ1) is 9.90. The SMILES string of the molecule is CCC(C)NC(CC(=O)O)Cc1ccc(CC(C)C)cc1. The van der Waals surface area contributed by atoms with Crippen molar-refractivity contribution in [1.29, 1.82) is 0 Å². The molecule has 1 rings (SSSR count). The Kier molecular flexibility index (Phi) is 7.44. The van der Waals surface area contributed by atoms with Gasteiger partial charge in [-0.1, -0.05) is 45.0 Å². The van der Waals surface area contributed by atoms with Gasteiger partial charge in [-0.2, -0.15) is 0 Å². The van der Waals surface area contributed by atoms with E-state index in [4.69, 9.17) is 5.11 Å². The standard InChI is InChI=1S/C18H29NO2/c1-5-14(4)19-17(12-18(20)21)11-16-8-6-15(7-9-16)10-13(2)3/h6-9,13-14,17,19H,5,10-12H2,1-4H3,(H,20,21). The van der Waals surface area contributed by atoms with Gasteiger partial charge in [-0.25, -0.2) is 0 Å². The molecule has 1 aromatic rings. The van der Waals surface area contributed by atoms with Crippen molar-refractivity contribution >= 4 is 5.97 Å². The molecule has 0 aromatic heterocycles. The lowest BCUT2D eigenvalue weighted by molar-refractivity contribution is -0.137. The lowest BCUT2D eigenvalue weighted by atomic mass is 9.98. The Bertz CT molecular complexity index is 425. The zero-order valence-electron chi connectivity index (χ0n) is 13.7. The molecule has 0 fully saturated rings. The Labute approximate surface area is 128 Å². The van der Waals surface area contributed by atoms with Crippen molar-refractivity contribution in [2.24, 2.45) is 5.92 Å². The number of benzene rings is 1. The molecular weight excluding hydrogens is 262 g/mol. The topological polar surface area (TPSA) is 49.3 Å². The molecule has 0 saturated heterocycles. The van der Waals surface area contributed by atoms with Gasteiger partial charge in [0.1, 0.15) is 0 Å². The van der Waals surface area contributed by atoms with Crippen LogP contribution in [0.2, 0.25) is 0 Å². The van der Waals surface area contributed by atoms with Crippen LogP contribution < -0.4 is 5.32 Å². The van der Waals surface area contributed by atoms with Gasteiger partial charge in [0.2, 0.25) is 0 Å². The van der Waals surface area contributed by atoms with Crippen LogP contribution in [-0.4, -0.2) is 23.2 Å². The molecule has 118 valence electrons. The van der Waals surface area contributed by atoms with Crippen LogP contribution in [0, 0.1) is 5.92 Å². The Morgan fingerprint density at radius 2 is 1.62 bits per heavy atom. The van der Waals surface area contributed by atoms with Crippen molar-refractivity contribution in [3.8, 4) is 0 Å². The normalized spacial score (nSPS) is 14.1. The molecule has 3 nitrogen and oxygen atoms in total. The van der Waals surface area contributed by atoms with Gasteiger partial charge >= 0.3 is 5.97 Å². The average molecular weight is 291 g/mol. The summed E-state index contributed by atoms with van der Waals surface area (Å²) in [7, 11) is 0. The monoisotopic (exact) mass is 291 g/mol. The fourth-order valence-electron chi connectivity index (χ4n) is 2.49.